The predicted octanol–water partition coefficient (Wildman–Crippen LogP) is 3.35. The highest BCUT2D eigenvalue weighted by molar-refractivity contribution is 5.69. The molecule has 0 aliphatic heterocycles. The Bertz CT molecular complexity index is 321. The Morgan fingerprint density at radius 3 is 2.85 bits per heavy atom. The predicted molar refractivity (Wildman–Crippen MR) is 54.3 cm³/mol. The maximum atomic E-state index is 5.42. The van der Waals surface area contributed by atoms with E-state index in [1.165, 1.54) is 0 Å². The fraction of sp³-hybridized carbons (Fsp3) is 0.364. The summed E-state index contributed by atoms with van der Waals surface area (Å²) in [4.78, 5) is 4.06. The standard InChI is InChI=1S/C11H15NO/c1-4-6-10(7-5-2)11-8-12-9(3)13-11/h4,6-8H,5H2,1-3H3. The first-order valence-corrected chi connectivity index (χ1v) is 4.53. The van der Waals surface area contributed by atoms with E-state index < -0.39 is 0 Å². The van der Waals surface area contributed by atoms with Crippen molar-refractivity contribution in [2.45, 2.75) is 27.2 Å². The smallest absolute Gasteiger partial charge is 0.191 e. The Morgan fingerprint density at radius 1 is 1.62 bits per heavy atom. The van der Waals surface area contributed by atoms with Crippen LogP contribution in [0.25, 0.3) is 5.57 Å². The van der Waals surface area contributed by atoms with E-state index in [4.69, 9.17) is 4.42 Å². The van der Waals surface area contributed by atoms with Gasteiger partial charge in [-0.1, -0.05) is 25.2 Å². The second-order valence-corrected chi connectivity index (χ2v) is 2.81. The van der Waals surface area contributed by atoms with Crippen molar-refractivity contribution < 1.29 is 4.42 Å². The van der Waals surface area contributed by atoms with Gasteiger partial charge in [-0.25, -0.2) is 4.98 Å². The van der Waals surface area contributed by atoms with Crippen molar-refractivity contribution in [2.24, 2.45) is 0 Å². The SMILES string of the molecule is CC=CC(=CCC)c1cnc(C)o1. The van der Waals surface area contributed by atoms with E-state index in [1.54, 1.807) is 6.20 Å². The molecule has 0 radical (unpaired) electrons. The van der Waals surface area contributed by atoms with Crippen LogP contribution in [-0.2, 0) is 0 Å². The molecule has 2 nitrogen and oxygen atoms in total. The first kappa shape index (κ1) is 9.78. The van der Waals surface area contributed by atoms with Crippen molar-refractivity contribution in [1.29, 1.82) is 0 Å². The molecule has 70 valence electrons. The van der Waals surface area contributed by atoms with Crippen molar-refractivity contribution in [3.63, 3.8) is 0 Å². The molecule has 1 heterocycles. The fourth-order valence-corrected chi connectivity index (χ4v) is 1.15. The molecule has 1 aromatic rings. The molecule has 0 amide bonds. The van der Waals surface area contributed by atoms with Crippen LogP contribution >= 0.6 is 0 Å². The van der Waals surface area contributed by atoms with Gasteiger partial charge in [-0.2, -0.15) is 0 Å². The summed E-state index contributed by atoms with van der Waals surface area (Å²) >= 11 is 0. The number of allylic oxidation sites excluding steroid dienone is 4. The van der Waals surface area contributed by atoms with Crippen LogP contribution in [-0.4, -0.2) is 4.98 Å². The number of rotatable bonds is 3. The van der Waals surface area contributed by atoms with Crippen molar-refractivity contribution in [3.8, 4) is 0 Å². The molecule has 1 rings (SSSR count). The van der Waals surface area contributed by atoms with Crippen LogP contribution in [0.15, 0.2) is 28.8 Å². The summed E-state index contributed by atoms with van der Waals surface area (Å²) in [6.07, 6.45) is 8.92. The summed E-state index contributed by atoms with van der Waals surface area (Å²) in [5, 5.41) is 0. The molecule has 1 aromatic heterocycles. The van der Waals surface area contributed by atoms with Gasteiger partial charge in [0.05, 0.1) is 6.20 Å². The number of nitrogens with zero attached hydrogens (tertiary/aromatic N) is 1. The number of aromatic nitrogens is 1. The van der Waals surface area contributed by atoms with Gasteiger partial charge in [0.2, 0.25) is 0 Å². The van der Waals surface area contributed by atoms with E-state index in [-0.39, 0.29) is 0 Å². The number of hydrogen-bond acceptors (Lipinski definition) is 2. The van der Waals surface area contributed by atoms with Crippen molar-refractivity contribution in [2.75, 3.05) is 0 Å². The number of hydrogen-bond donors (Lipinski definition) is 0. The molecular formula is C11H15NO. The van der Waals surface area contributed by atoms with Gasteiger partial charge in [-0.3, -0.25) is 0 Å². The van der Waals surface area contributed by atoms with Gasteiger partial charge in [0.25, 0.3) is 0 Å². The van der Waals surface area contributed by atoms with Crippen molar-refractivity contribution in [3.05, 3.63) is 36.1 Å². The zero-order valence-electron chi connectivity index (χ0n) is 8.37. The first-order valence-electron chi connectivity index (χ1n) is 4.53. The third kappa shape index (κ3) is 2.58. The molecular weight excluding hydrogens is 162 g/mol. The summed E-state index contributed by atoms with van der Waals surface area (Å²) in [7, 11) is 0. The molecule has 0 saturated carbocycles. The molecule has 0 aliphatic carbocycles. The van der Waals surface area contributed by atoms with Gasteiger partial charge in [0, 0.05) is 12.5 Å². The summed E-state index contributed by atoms with van der Waals surface area (Å²) in [5.41, 5.74) is 1.10. The molecule has 0 spiro atoms. The molecule has 0 unspecified atom stereocenters. The highest BCUT2D eigenvalue weighted by atomic mass is 16.4. The topological polar surface area (TPSA) is 26.0 Å². The molecule has 0 N–H and O–H groups in total. The number of aryl methyl sites for hydroxylation is 1. The highest BCUT2D eigenvalue weighted by Crippen LogP contribution is 2.17. The van der Waals surface area contributed by atoms with Crippen LogP contribution in [0.5, 0.6) is 0 Å². The molecule has 0 aliphatic rings. The van der Waals surface area contributed by atoms with Gasteiger partial charge in [0.1, 0.15) is 0 Å². The van der Waals surface area contributed by atoms with Crippen molar-refractivity contribution >= 4 is 5.57 Å². The van der Waals surface area contributed by atoms with E-state index in [2.05, 4.69) is 18.0 Å². The Hall–Kier alpha value is -1.31. The molecule has 0 aromatic carbocycles. The van der Waals surface area contributed by atoms with E-state index >= 15 is 0 Å². The normalized spacial score (nSPS) is 12.7. The third-order valence-electron chi connectivity index (χ3n) is 1.68. The summed E-state index contributed by atoms with van der Waals surface area (Å²) in [6, 6.07) is 0. The van der Waals surface area contributed by atoms with Crippen LogP contribution in [0.3, 0.4) is 0 Å². The Morgan fingerprint density at radius 2 is 2.38 bits per heavy atom. The second-order valence-electron chi connectivity index (χ2n) is 2.81. The van der Waals surface area contributed by atoms with E-state index in [9.17, 15) is 0 Å². The average Bonchev–Trinajstić information content (AvgIpc) is 2.51. The lowest BCUT2D eigenvalue weighted by Gasteiger charge is -1.94. The number of oxazole rings is 1. The van der Waals surface area contributed by atoms with Gasteiger partial charge in [-0.05, 0) is 13.3 Å². The van der Waals surface area contributed by atoms with Crippen LogP contribution in [0.1, 0.15) is 31.9 Å². The monoisotopic (exact) mass is 177 g/mol. The lowest BCUT2D eigenvalue weighted by atomic mass is 10.1. The van der Waals surface area contributed by atoms with Crippen LogP contribution in [0.2, 0.25) is 0 Å². The maximum Gasteiger partial charge on any atom is 0.191 e. The summed E-state index contributed by atoms with van der Waals surface area (Å²) in [6.45, 7) is 5.95. The third-order valence-corrected chi connectivity index (χ3v) is 1.68. The second kappa shape index (κ2) is 4.65. The summed E-state index contributed by atoms with van der Waals surface area (Å²) < 4.78 is 5.42. The van der Waals surface area contributed by atoms with Crippen LogP contribution in [0.4, 0.5) is 0 Å². The minimum Gasteiger partial charge on any atom is -0.441 e. The largest absolute Gasteiger partial charge is 0.441 e. The Labute approximate surface area is 79.0 Å². The highest BCUT2D eigenvalue weighted by Gasteiger charge is 2.02. The Balaban J connectivity index is 2.95. The molecule has 2 heteroatoms. The van der Waals surface area contributed by atoms with E-state index in [0.717, 1.165) is 17.8 Å². The van der Waals surface area contributed by atoms with Gasteiger partial charge in [-0.15, -0.1) is 0 Å². The minimum atomic E-state index is 0.710. The molecule has 13 heavy (non-hydrogen) atoms. The van der Waals surface area contributed by atoms with Gasteiger partial charge < -0.3 is 4.42 Å². The lowest BCUT2D eigenvalue weighted by Crippen LogP contribution is -1.75. The minimum absolute atomic E-state index is 0.710. The van der Waals surface area contributed by atoms with Crippen LogP contribution < -0.4 is 0 Å². The van der Waals surface area contributed by atoms with Crippen LogP contribution in [0, 0.1) is 6.92 Å². The van der Waals surface area contributed by atoms with E-state index in [1.807, 2.05) is 26.0 Å². The van der Waals surface area contributed by atoms with E-state index in [0.29, 0.717) is 5.89 Å². The molecule has 0 saturated heterocycles. The maximum absolute atomic E-state index is 5.42. The molecule has 0 bridgehead atoms. The fourth-order valence-electron chi connectivity index (χ4n) is 1.15. The zero-order valence-corrected chi connectivity index (χ0v) is 8.37. The lowest BCUT2D eigenvalue weighted by molar-refractivity contribution is 0.510. The quantitative estimate of drug-likeness (QED) is 0.662. The molecule has 0 atom stereocenters. The average molecular weight is 177 g/mol. The van der Waals surface area contributed by atoms with Gasteiger partial charge >= 0.3 is 0 Å². The van der Waals surface area contributed by atoms with Gasteiger partial charge in [0.15, 0.2) is 11.7 Å². The Kier molecular flexibility index (Phi) is 3.50. The zero-order chi connectivity index (χ0) is 9.68. The van der Waals surface area contributed by atoms with Crippen molar-refractivity contribution in [1.82, 2.24) is 4.98 Å². The first-order chi connectivity index (χ1) is 6.27. The summed E-state index contributed by atoms with van der Waals surface area (Å²) in [5.74, 6) is 1.55. The molecule has 0 fully saturated rings.